The number of carbonyl (C=O) groups excluding carboxylic acids is 1. The van der Waals surface area contributed by atoms with Crippen LogP contribution in [0, 0.1) is 5.92 Å². The molecule has 4 rings (SSSR count). The van der Waals surface area contributed by atoms with Gasteiger partial charge in [0.15, 0.2) is 5.69 Å². The Kier molecular flexibility index (Phi) is 4.37. The van der Waals surface area contributed by atoms with E-state index in [0.29, 0.717) is 28.6 Å². The van der Waals surface area contributed by atoms with Crippen molar-refractivity contribution in [1.82, 2.24) is 14.9 Å². The zero-order valence-corrected chi connectivity index (χ0v) is 15.0. The molecule has 2 aliphatic heterocycles. The summed E-state index contributed by atoms with van der Waals surface area (Å²) in [5, 5.41) is 0.370. The summed E-state index contributed by atoms with van der Waals surface area (Å²) >= 11 is 6.31. The molecule has 1 saturated carbocycles. The molecule has 3 heterocycles. The van der Waals surface area contributed by atoms with E-state index in [9.17, 15) is 4.79 Å². The van der Waals surface area contributed by atoms with Gasteiger partial charge in [-0.3, -0.25) is 4.79 Å². The van der Waals surface area contributed by atoms with E-state index >= 15 is 0 Å². The van der Waals surface area contributed by atoms with Gasteiger partial charge in [0.1, 0.15) is 0 Å². The summed E-state index contributed by atoms with van der Waals surface area (Å²) in [6, 6.07) is 0.634. The van der Waals surface area contributed by atoms with E-state index in [1.165, 1.54) is 19.3 Å². The van der Waals surface area contributed by atoms with Gasteiger partial charge >= 0.3 is 0 Å². The maximum Gasteiger partial charge on any atom is 0.274 e. The molecule has 0 unspecified atom stereocenters. The maximum atomic E-state index is 13.2. The molecule has 0 aromatic carbocycles. The summed E-state index contributed by atoms with van der Waals surface area (Å²) in [4.78, 5) is 26.3. The summed E-state index contributed by atoms with van der Waals surface area (Å²) in [6.07, 6.45) is 9.88. The van der Waals surface area contributed by atoms with Crippen molar-refractivity contribution in [3.05, 3.63) is 16.9 Å². The van der Waals surface area contributed by atoms with E-state index < -0.39 is 0 Å². The first kappa shape index (κ1) is 16.1. The van der Waals surface area contributed by atoms with Crippen LogP contribution in [0.5, 0.6) is 0 Å². The Balaban J connectivity index is 1.62. The largest absolute Gasteiger partial charge is 0.341 e. The van der Waals surface area contributed by atoms with Crippen LogP contribution >= 0.6 is 11.6 Å². The van der Waals surface area contributed by atoms with Crippen LogP contribution in [-0.2, 0) is 0 Å². The number of carbonyl (C=O) groups is 1. The molecule has 3 atom stereocenters. The van der Waals surface area contributed by atoms with Crippen molar-refractivity contribution in [2.75, 3.05) is 18.0 Å². The second kappa shape index (κ2) is 6.51. The van der Waals surface area contributed by atoms with Crippen LogP contribution in [0.15, 0.2) is 6.20 Å². The highest BCUT2D eigenvalue weighted by atomic mass is 35.5. The van der Waals surface area contributed by atoms with Crippen molar-refractivity contribution in [2.24, 2.45) is 5.92 Å². The molecule has 6 heteroatoms. The highest BCUT2D eigenvalue weighted by molar-refractivity contribution is 6.33. The third kappa shape index (κ3) is 2.77. The average Bonchev–Trinajstić information content (AvgIpc) is 3.21. The van der Waals surface area contributed by atoms with Crippen molar-refractivity contribution >= 4 is 23.5 Å². The lowest BCUT2D eigenvalue weighted by atomic mass is 9.85. The zero-order valence-electron chi connectivity index (χ0n) is 14.2. The van der Waals surface area contributed by atoms with Crippen LogP contribution in [0.1, 0.15) is 62.4 Å². The maximum absolute atomic E-state index is 13.2. The quantitative estimate of drug-likeness (QED) is 0.820. The van der Waals surface area contributed by atoms with Crippen LogP contribution in [-0.4, -0.2) is 45.9 Å². The SMILES string of the molecule is C[C@@H]1C[C@@H]2CCCC[C@@H]2N1C(=O)c1nc(N2CCCC2)ncc1Cl. The van der Waals surface area contributed by atoms with Crippen molar-refractivity contribution in [3.8, 4) is 0 Å². The number of hydrogen-bond donors (Lipinski definition) is 0. The number of aromatic nitrogens is 2. The van der Waals surface area contributed by atoms with Gasteiger partial charge in [-0.25, -0.2) is 9.97 Å². The normalized spacial score (nSPS) is 29.8. The summed E-state index contributed by atoms with van der Waals surface area (Å²) in [7, 11) is 0. The Morgan fingerprint density at radius 3 is 2.75 bits per heavy atom. The highest BCUT2D eigenvalue weighted by Crippen LogP contribution is 2.40. The second-order valence-corrected chi connectivity index (χ2v) is 7.88. The Hall–Kier alpha value is -1.36. The van der Waals surface area contributed by atoms with E-state index in [0.717, 1.165) is 38.8 Å². The molecule has 5 nitrogen and oxygen atoms in total. The molecule has 0 bridgehead atoms. The predicted molar refractivity (Wildman–Crippen MR) is 94.5 cm³/mol. The summed E-state index contributed by atoms with van der Waals surface area (Å²) in [5.74, 6) is 1.29. The van der Waals surface area contributed by atoms with Crippen LogP contribution in [0.2, 0.25) is 5.02 Å². The van der Waals surface area contributed by atoms with E-state index in [1.54, 1.807) is 6.20 Å². The summed E-state index contributed by atoms with van der Waals surface area (Å²) in [5.41, 5.74) is 0.381. The first-order valence-corrected chi connectivity index (χ1v) is 9.63. The van der Waals surface area contributed by atoms with Crippen LogP contribution < -0.4 is 4.90 Å². The Morgan fingerprint density at radius 2 is 1.96 bits per heavy atom. The fourth-order valence-corrected chi connectivity index (χ4v) is 4.93. The molecular formula is C18H25ClN4O. The van der Waals surface area contributed by atoms with Gasteiger partial charge in [0.05, 0.1) is 11.2 Å². The van der Waals surface area contributed by atoms with Gasteiger partial charge in [-0.05, 0) is 44.9 Å². The minimum absolute atomic E-state index is 0.00949. The second-order valence-electron chi connectivity index (χ2n) is 7.47. The fraction of sp³-hybridized carbons (Fsp3) is 0.722. The Bertz CT molecular complexity index is 631. The Labute approximate surface area is 148 Å². The third-order valence-corrected chi connectivity index (χ3v) is 6.18. The van der Waals surface area contributed by atoms with Crippen molar-refractivity contribution < 1.29 is 4.79 Å². The number of fused-ring (bicyclic) bond motifs is 1. The molecule has 1 aliphatic carbocycles. The number of hydrogen-bond acceptors (Lipinski definition) is 4. The molecule has 1 aromatic heterocycles. The molecule has 0 spiro atoms. The Morgan fingerprint density at radius 1 is 1.21 bits per heavy atom. The van der Waals surface area contributed by atoms with Gasteiger partial charge in [-0.15, -0.1) is 0 Å². The summed E-state index contributed by atoms with van der Waals surface area (Å²) < 4.78 is 0. The molecule has 3 fully saturated rings. The first-order chi connectivity index (χ1) is 11.6. The van der Waals surface area contributed by atoms with Gasteiger partial charge in [-0.2, -0.15) is 0 Å². The van der Waals surface area contributed by atoms with Gasteiger partial charge in [0.25, 0.3) is 5.91 Å². The van der Waals surface area contributed by atoms with Gasteiger partial charge in [0, 0.05) is 25.2 Å². The lowest BCUT2D eigenvalue weighted by Crippen LogP contribution is -2.43. The standard InChI is InChI=1S/C18H25ClN4O/c1-12-10-13-6-2-3-7-15(13)23(12)17(24)16-14(19)11-20-18(21-16)22-8-4-5-9-22/h11-13,15H,2-10H2,1H3/t12-,13+,15+/m1/s1. The smallest absolute Gasteiger partial charge is 0.274 e. The first-order valence-electron chi connectivity index (χ1n) is 9.25. The van der Waals surface area contributed by atoms with Crippen molar-refractivity contribution in [1.29, 1.82) is 0 Å². The van der Waals surface area contributed by atoms with Crippen LogP contribution in [0.4, 0.5) is 5.95 Å². The minimum Gasteiger partial charge on any atom is -0.341 e. The number of anilines is 1. The number of halogens is 1. The summed E-state index contributed by atoms with van der Waals surface area (Å²) in [6.45, 7) is 4.08. The van der Waals surface area contributed by atoms with Gasteiger partial charge in [-0.1, -0.05) is 24.4 Å². The average molecular weight is 349 g/mol. The molecule has 0 N–H and O–H groups in total. The molecule has 130 valence electrons. The van der Waals surface area contributed by atoms with Gasteiger partial charge in [0.2, 0.25) is 5.95 Å². The topological polar surface area (TPSA) is 49.3 Å². The molecule has 0 radical (unpaired) electrons. The van der Waals surface area contributed by atoms with Crippen molar-refractivity contribution in [3.63, 3.8) is 0 Å². The van der Waals surface area contributed by atoms with Crippen LogP contribution in [0.25, 0.3) is 0 Å². The number of nitrogens with zero attached hydrogens (tertiary/aromatic N) is 4. The lowest BCUT2D eigenvalue weighted by Gasteiger charge is -2.33. The number of rotatable bonds is 2. The lowest BCUT2D eigenvalue weighted by molar-refractivity contribution is 0.0627. The highest BCUT2D eigenvalue weighted by Gasteiger charge is 2.43. The predicted octanol–water partition coefficient (Wildman–Crippen LogP) is 3.52. The van der Waals surface area contributed by atoms with Gasteiger partial charge < -0.3 is 9.80 Å². The molecule has 1 amide bonds. The third-order valence-electron chi connectivity index (χ3n) is 5.90. The monoisotopic (exact) mass is 348 g/mol. The molecule has 24 heavy (non-hydrogen) atoms. The van der Waals surface area contributed by atoms with Crippen molar-refractivity contribution in [2.45, 2.75) is 64.0 Å². The van der Waals surface area contributed by atoms with E-state index in [-0.39, 0.29) is 11.9 Å². The number of likely N-dealkylation sites (tertiary alicyclic amines) is 1. The molecule has 3 aliphatic rings. The molecule has 2 saturated heterocycles. The molecular weight excluding hydrogens is 324 g/mol. The molecule has 1 aromatic rings. The number of amides is 1. The minimum atomic E-state index is -0.00949. The van der Waals surface area contributed by atoms with E-state index in [4.69, 9.17) is 11.6 Å². The van der Waals surface area contributed by atoms with Crippen LogP contribution in [0.3, 0.4) is 0 Å². The zero-order chi connectivity index (χ0) is 16.7. The van der Waals surface area contributed by atoms with E-state index in [2.05, 4.69) is 26.7 Å². The fourth-order valence-electron chi connectivity index (χ4n) is 4.76. The van der Waals surface area contributed by atoms with E-state index in [1.807, 2.05) is 0 Å².